The number of H-pyrrole nitrogens is 1. The lowest BCUT2D eigenvalue weighted by atomic mass is 10.1. The third-order valence-corrected chi connectivity index (χ3v) is 4.65. The van der Waals surface area contributed by atoms with E-state index in [1.807, 2.05) is 42.5 Å². The first-order chi connectivity index (χ1) is 13.2. The van der Waals surface area contributed by atoms with Gasteiger partial charge in [0.15, 0.2) is 0 Å². The van der Waals surface area contributed by atoms with Crippen LogP contribution in [0, 0.1) is 0 Å². The summed E-state index contributed by atoms with van der Waals surface area (Å²) in [4.78, 5) is 22.7. The fraction of sp³-hybridized carbons (Fsp3) is 0.300. The monoisotopic (exact) mass is 366 g/mol. The topological polar surface area (TPSA) is 79.5 Å². The van der Waals surface area contributed by atoms with Crippen LogP contribution in [0.15, 0.2) is 42.5 Å². The molecule has 2 aromatic carbocycles. The summed E-state index contributed by atoms with van der Waals surface area (Å²) >= 11 is 0. The summed E-state index contributed by atoms with van der Waals surface area (Å²) in [6.45, 7) is 3.26. The van der Waals surface area contributed by atoms with E-state index in [4.69, 9.17) is 9.47 Å². The van der Waals surface area contributed by atoms with E-state index in [-0.39, 0.29) is 5.91 Å². The van der Waals surface area contributed by atoms with Crippen LogP contribution in [0.1, 0.15) is 16.2 Å². The quantitative estimate of drug-likeness (QED) is 0.725. The second-order valence-electron chi connectivity index (χ2n) is 6.37. The van der Waals surface area contributed by atoms with E-state index >= 15 is 0 Å². The second kappa shape index (κ2) is 7.67. The van der Waals surface area contributed by atoms with Gasteiger partial charge in [-0.15, -0.1) is 0 Å². The van der Waals surface area contributed by atoms with Gasteiger partial charge in [-0.1, -0.05) is 12.1 Å². The first-order valence-corrected chi connectivity index (χ1v) is 8.97. The summed E-state index contributed by atoms with van der Waals surface area (Å²) in [7, 11) is 1.63. The summed E-state index contributed by atoms with van der Waals surface area (Å²) in [5, 5.41) is 2.96. The number of hydrogen-bond acceptors (Lipinski definition) is 5. The molecule has 0 bridgehead atoms. The zero-order chi connectivity index (χ0) is 18.6. The molecule has 1 fully saturated rings. The number of carbonyl (C=O) groups is 1. The first kappa shape index (κ1) is 17.4. The Kier molecular flexibility index (Phi) is 4.93. The van der Waals surface area contributed by atoms with Crippen molar-refractivity contribution < 1.29 is 14.3 Å². The number of anilines is 1. The first-order valence-electron chi connectivity index (χ1n) is 8.97. The maximum Gasteiger partial charge on any atom is 0.253 e. The lowest BCUT2D eigenvalue weighted by Crippen LogP contribution is -2.37. The molecule has 7 heteroatoms. The van der Waals surface area contributed by atoms with Crippen molar-refractivity contribution in [2.24, 2.45) is 0 Å². The van der Waals surface area contributed by atoms with Crippen molar-refractivity contribution in [1.29, 1.82) is 0 Å². The van der Waals surface area contributed by atoms with Crippen molar-refractivity contribution in [2.45, 2.75) is 6.54 Å². The number of carbonyl (C=O) groups excluding carboxylic acids is 1. The van der Waals surface area contributed by atoms with Gasteiger partial charge in [-0.25, -0.2) is 4.98 Å². The van der Waals surface area contributed by atoms with E-state index in [1.165, 1.54) is 0 Å². The van der Waals surface area contributed by atoms with Crippen LogP contribution in [0.3, 0.4) is 0 Å². The molecular formula is C20H22N4O3. The average Bonchev–Trinajstić information content (AvgIpc) is 3.14. The summed E-state index contributed by atoms with van der Waals surface area (Å²) in [5.41, 5.74) is 3.32. The lowest BCUT2D eigenvalue weighted by molar-refractivity contribution is 0.0948. The van der Waals surface area contributed by atoms with Gasteiger partial charge in [0.1, 0.15) is 11.6 Å². The second-order valence-corrected chi connectivity index (χ2v) is 6.37. The highest BCUT2D eigenvalue weighted by atomic mass is 16.5. The van der Waals surface area contributed by atoms with Gasteiger partial charge in [-0.05, 0) is 24.3 Å². The van der Waals surface area contributed by atoms with E-state index in [2.05, 4.69) is 20.2 Å². The zero-order valence-electron chi connectivity index (χ0n) is 15.2. The molecule has 2 N–H and O–H groups in total. The van der Waals surface area contributed by atoms with Crippen molar-refractivity contribution in [3.05, 3.63) is 53.9 Å². The van der Waals surface area contributed by atoms with Crippen LogP contribution in [-0.4, -0.2) is 49.3 Å². The van der Waals surface area contributed by atoms with Crippen molar-refractivity contribution >= 4 is 22.6 Å². The number of hydrogen-bond donors (Lipinski definition) is 2. The highest BCUT2D eigenvalue weighted by Crippen LogP contribution is 2.22. The zero-order valence-corrected chi connectivity index (χ0v) is 15.2. The smallest absolute Gasteiger partial charge is 0.253 e. The molecule has 1 aliphatic rings. The van der Waals surface area contributed by atoms with Crippen molar-refractivity contribution in [3.63, 3.8) is 0 Å². The van der Waals surface area contributed by atoms with Gasteiger partial charge in [-0.2, -0.15) is 0 Å². The van der Waals surface area contributed by atoms with Gasteiger partial charge in [0.05, 0.1) is 43.5 Å². The normalized spacial score (nSPS) is 14.3. The van der Waals surface area contributed by atoms with E-state index in [1.54, 1.807) is 7.11 Å². The minimum Gasteiger partial charge on any atom is -0.497 e. The molecule has 0 spiro atoms. The van der Waals surface area contributed by atoms with Gasteiger partial charge >= 0.3 is 0 Å². The third kappa shape index (κ3) is 3.73. The van der Waals surface area contributed by atoms with Crippen molar-refractivity contribution in [2.75, 3.05) is 38.3 Å². The molecular weight excluding hydrogens is 344 g/mol. The molecule has 1 aliphatic heterocycles. The number of benzene rings is 2. The van der Waals surface area contributed by atoms with E-state index in [9.17, 15) is 4.79 Å². The minimum atomic E-state index is -0.116. The van der Waals surface area contributed by atoms with Crippen molar-refractivity contribution in [3.8, 4) is 5.75 Å². The Balaban J connectivity index is 1.48. The largest absolute Gasteiger partial charge is 0.497 e. The van der Waals surface area contributed by atoms with Crippen LogP contribution in [-0.2, 0) is 11.3 Å². The molecule has 4 rings (SSSR count). The van der Waals surface area contributed by atoms with Gasteiger partial charge in [0, 0.05) is 24.8 Å². The number of morpholine rings is 1. The number of methoxy groups -OCH3 is 1. The maximum atomic E-state index is 12.8. The number of ether oxygens (including phenoxy) is 2. The molecule has 1 saturated heterocycles. The molecule has 0 unspecified atom stereocenters. The number of aromatic nitrogens is 2. The predicted molar refractivity (Wildman–Crippen MR) is 103 cm³/mol. The summed E-state index contributed by atoms with van der Waals surface area (Å²) in [5.74, 6) is 1.35. The Bertz CT molecular complexity index is 947. The van der Waals surface area contributed by atoms with Gasteiger partial charge in [0.25, 0.3) is 5.91 Å². The Labute approximate surface area is 157 Å². The Morgan fingerprint density at radius 2 is 2.07 bits per heavy atom. The maximum absolute atomic E-state index is 12.8. The molecule has 0 aliphatic carbocycles. The molecule has 1 amide bonds. The molecule has 0 radical (unpaired) electrons. The fourth-order valence-electron chi connectivity index (χ4n) is 3.26. The molecule has 2 heterocycles. The predicted octanol–water partition coefficient (Wildman–Crippen LogP) is 2.34. The standard InChI is InChI=1S/C20H22N4O3/c1-26-14-6-7-16-17(12-14)23-19(22-16)13-21-20(25)15-4-2-3-5-18(15)24-8-10-27-11-9-24/h2-7,12H,8-11,13H2,1H3,(H,21,25)(H,22,23). The van der Waals surface area contributed by atoms with Crippen LogP contribution in [0.5, 0.6) is 5.75 Å². The molecule has 7 nitrogen and oxygen atoms in total. The van der Waals surface area contributed by atoms with Gasteiger partial charge in [-0.3, -0.25) is 4.79 Å². The summed E-state index contributed by atoms with van der Waals surface area (Å²) in [6, 6.07) is 13.3. The average molecular weight is 366 g/mol. The molecule has 0 saturated carbocycles. The Morgan fingerprint density at radius 1 is 1.26 bits per heavy atom. The van der Waals surface area contributed by atoms with E-state index < -0.39 is 0 Å². The number of imidazole rings is 1. The molecule has 3 aromatic rings. The van der Waals surface area contributed by atoms with Crippen LogP contribution < -0.4 is 15.0 Å². The highest BCUT2D eigenvalue weighted by molar-refractivity contribution is 5.99. The fourth-order valence-corrected chi connectivity index (χ4v) is 3.26. The van der Waals surface area contributed by atoms with E-state index in [0.717, 1.165) is 35.6 Å². The molecule has 27 heavy (non-hydrogen) atoms. The lowest BCUT2D eigenvalue weighted by Gasteiger charge is -2.30. The number of nitrogens with zero attached hydrogens (tertiary/aromatic N) is 2. The Morgan fingerprint density at radius 3 is 2.89 bits per heavy atom. The van der Waals surface area contributed by atoms with Crippen LogP contribution in [0.4, 0.5) is 5.69 Å². The van der Waals surface area contributed by atoms with E-state index in [0.29, 0.717) is 31.1 Å². The highest BCUT2D eigenvalue weighted by Gasteiger charge is 2.18. The summed E-state index contributed by atoms with van der Waals surface area (Å²) < 4.78 is 10.6. The summed E-state index contributed by atoms with van der Waals surface area (Å²) in [6.07, 6.45) is 0. The van der Waals surface area contributed by atoms with Gasteiger partial charge < -0.3 is 24.7 Å². The Hall–Kier alpha value is -3.06. The molecule has 140 valence electrons. The SMILES string of the molecule is COc1ccc2nc(CNC(=O)c3ccccc3N3CCOCC3)[nH]c2c1. The number of para-hydroxylation sites is 1. The van der Waals surface area contributed by atoms with Crippen LogP contribution in [0.2, 0.25) is 0 Å². The van der Waals surface area contributed by atoms with Gasteiger partial charge in [0.2, 0.25) is 0 Å². The minimum absolute atomic E-state index is 0.116. The number of amides is 1. The number of nitrogens with one attached hydrogen (secondary N) is 2. The third-order valence-electron chi connectivity index (χ3n) is 4.65. The number of rotatable bonds is 5. The number of aromatic amines is 1. The molecule has 0 atom stereocenters. The van der Waals surface area contributed by atoms with Crippen molar-refractivity contribution in [1.82, 2.24) is 15.3 Å². The van der Waals surface area contributed by atoms with Crippen LogP contribution in [0.25, 0.3) is 11.0 Å². The molecule has 1 aromatic heterocycles. The van der Waals surface area contributed by atoms with Crippen LogP contribution >= 0.6 is 0 Å². The number of fused-ring (bicyclic) bond motifs is 1.